The maximum atomic E-state index is 12.3. The monoisotopic (exact) mass is 391 g/mol. The average molecular weight is 392 g/mol. The van der Waals surface area contributed by atoms with Crippen molar-refractivity contribution >= 4 is 40.7 Å². The van der Waals surface area contributed by atoms with Crippen LogP contribution in [0.1, 0.15) is 34.1 Å². The minimum Gasteiger partial charge on any atom is -0.493 e. The van der Waals surface area contributed by atoms with Gasteiger partial charge in [-0.25, -0.2) is 0 Å². The number of amides is 2. The average Bonchev–Trinajstić information content (AvgIpc) is 2.64. The van der Waals surface area contributed by atoms with Crippen LogP contribution in [0.25, 0.3) is 0 Å². The number of carbonyl (C=O) groups excluding carboxylic acids is 2. The molecule has 3 N–H and O–H groups in total. The number of ether oxygens (including phenoxy) is 1. The highest BCUT2D eigenvalue weighted by Gasteiger charge is 2.13. The molecule has 0 aliphatic heterocycles. The van der Waals surface area contributed by atoms with Gasteiger partial charge >= 0.3 is 0 Å². The molecule has 6 nitrogen and oxygen atoms in total. The van der Waals surface area contributed by atoms with Gasteiger partial charge in [0.05, 0.1) is 12.2 Å². The number of benzene rings is 2. The first kappa shape index (κ1) is 19.7. The summed E-state index contributed by atoms with van der Waals surface area (Å²) in [5, 5.41) is 2.85. The van der Waals surface area contributed by atoms with Crippen molar-refractivity contribution in [3.8, 4) is 5.75 Å². The number of nitrogens with one attached hydrogen (secondary N) is 3. The number of hydrogen-bond donors (Lipinski definition) is 3. The molecule has 2 aromatic carbocycles. The van der Waals surface area contributed by atoms with E-state index in [-0.39, 0.29) is 5.11 Å². The van der Waals surface area contributed by atoms with Crippen molar-refractivity contribution in [2.24, 2.45) is 0 Å². The lowest BCUT2D eigenvalue weighted by Crippen LogP contribution is -2.48. The van der Waals surface area contributed by atoms with Crippen molar-refractivity contribution in [3.05, 3.63) is 64.7 Å². The van der Waals surface area contributed by atoms with E-state index in [0.29, 0.717) is 28.5 Å². The lowest BCUT2D eigenvalue weighted by molar-refractivity contribution is 0.0931. The van der Waals surface area contributed by atoms with Crippen molar-refractivity contribution in [2.45, 2.75) is 13.3 Å². The molecule has 0 aromatic heterocycles. The molecule has 2 rings (SSSR count). The molecule has 0 bridgehead atoms. The molecule has 0 spiro atoms. The Bertz CT molecular complexity index is 814. The second-order valence-electron chi connectivity index (χ2n) is 5.22. The Morgan fingerprint density at radius 3 is 2.58 bits per heavy atom. The van der Waals surface area contributed by atoms with Crippen LogP contribution in [0, 0.1) is 0 Å². The zero-order chi connectivity index (χ0) is 18.9. The van der Waals surface area contributed by atoms with Gasteiger partial charge in [-0.15, -0.1) is 0 Å². The van der Waals surface area contributed by atoms with E-state index < -0.39 is 11.8 Å². The van der Waals surface area contributed by atoms with E-state index >= 15 is 0 Å². The maximum absolute atomic E-state index is 12.3. The molecule has 8 heteroatoms. The molecule has 0 atom stereocenters. The predicted octanol–water partition coefficient (Wildman–Crippen LogP) is 3.08. The van der Waals surface area contributed by atoms with E-state index in [1.165, 1.54) is 6.07 Å². The van der Waals surface area contributed by atoms with Crippen LogP contribution in [0.3, 0.4) is 0 Å². The summed E-state index contributed by atoms with van der Waals surface area (Å²) >= 11 is 10.9. The summed E-state index contributed by atoms with van der Waals surface area (Å²) in [5.41, 5.74) is 5.64. The SMILES string of the molecule is CCCOc1ccccc1C(=O)NNC(=S)NC(=O)c1cccc(Cl)c1. The molecule has 0 saturated carbocycles. The number of rotatable bonds is 5. The van der Waals surface area contributed by atoms with Crippen molar-refractivity contribution < 1.29 is 14.3 Å². The van der Waals surface area contributed by atoms with Crippen LogP contribution in [-0.2, 0) is 0 Å². The van der Waals surface area contributed by atoms with Crippen molar-refractivity contribution in [2.75, 3.05) is 6.61 Å². The summed E-state index contributed by atoms with van der Waals surface area (Å²) in [4.78, 5) is 24.4. The highest BCUT2D eigenvalue weighted by molar-refractivity contribution is 7.80. The van der Waals surface area contributed by atoms with Gasteiger partial charge in [0.15, 0.2) is 5.11 Å². The second kappa shape index (κ2) is 9.74. The van der Waals surface area contributed by atoms with Gasteiger partial charge in [-0.3, -0.25) is 25.8 Å². The maximum Gasteiger partial charge on any atom is 0.273 e. The van der Waals surface area contributed by atoms with Gasteiger partial charge in [-0.2, -0.15) is 0 Å². The molecule has 0 fully saturated rings. The number of carbonyl (C=O) groups is 2. The molecule has 2 aromatic rings. The van der Waals surface area contributed by atoms with Gasteiger partial charge in [0.1, 0.15) is 5.75 Å². The van der Waals surface area contributed by atoms with Crippen LogP contribution in [0.4, 0.5) is 0 Å². The van der Waals surface area contributed by atoms with Gasteiger partial charge in [-0.1, -0.05) is 36.7 Å². The first-order chi connectivity index (χ1) is 12.5. The highest BCUT2D eigenvalue weighted by Crippen LogP contribution is 2.17. The standard InChI is InChI=1S/C18H18ClN3O3S/c1-2-10-25-15-9-4-3-8-14(15)17(24)21-22-18(26)20-16(23)12-6-5-7-13(19)11-12/h3-9,11H,2,10H2,1H3,(H,21,24)(H2,20,22,23,26). The Kier molecular flexibility index (Phi) is 7.37. The molecule has 0 radical (unpaired) electrons. The van der Waals surface area contributed by atoms with Crippen LogP contribution in [-0.4, -0.2) is 23.5 Å². The molecular weight excluding hydrogens is 374 g/mol. The number of hydrazine groups is 1. The molecule has 136 valence electrons. The third-order valence-corrected chi connectivity index (χ3v) is 3.64. The Morgan fingerprint density at radius 1 is 1.08 bits per heavy atom. The minimum atomic E-state index is -0.439. The summed E-state index contributed by atoms with van der Waals surface area (Å²) in [6.07, 6.45) is 0.827. The number of para-hydroxylation sites is 1. The first-order valence-electron chi connectivity index (χ1n) is 7.90. The van der Waals surface area contributed by atoms with E-state index in [0.717, 1.165) is 6.42 Å². The van der Waals surface area contributed by atoms with Gasteiger partial charge in [0, 0.05) is 10.6 Å². The third-order valence-electron chi connectivity index (χ3n) is 3.20. The van der Waals surface area contributed by atoms with E-state index in [4.69, 9.17) is 28.6 Å². The molecule has 2 amide bonds. The minimum absolute atomic E-state index is 0.0460. The van der Waals surface area contributed by atoms with E-state index in [1.54, 1.807) is 42.5 Å². The topological polar surface area (TPSA) is 79.5 Å². The predicted molar refractivity (Wildman–Crippen MR) is 104 cm³/mol. The van der Waals surface area contributed by atoms with Crippen LogP contribution >= 0.6 is 23.8 Å². The van der Waals surface area contributed by atoms with Crippen LogP contribution in [0.5, 0.6) is 5.75 Å². The Morgan fingerprint density at radius 2 is 1.85 bits per heavy atom. The lowest BCUT2D eigenvalue weighted by Gasteiger charge is -2.13. The summed E-state index contributed by atoms with van der Waals surface area (Å²) in [5.74, 6) is -0.399. The fourth-order valence-corrected chi connectivity index (χ4v) is 2.34. The smallest absolute Gasteiger partial charge is 0.273 e. The quantitative estimate of drug-likeness (QED) is 0.539. The third kappa shape index (κ3) is 5.72. The largest absolute Gasteiger partial charge is 0.493 e. The van der Waals surface area contributed by atoms with Crippen molar-refractivity contribution in [3.63, 3.8) is 0 Å². The number of thiocarbonyl (C=S) groups is 1. The zero-order valence-corrected chi connectivity index (χ0v) is 15.6. The molecular formula is C18H18ClN3O3S. The van der Waals surface area contributed by atoms with Crippen LogP contribution < -0.4 is 20.9 Å². The van der Waals surface area contributed by atoms with Gasteiger partial charge < -0.3 is 4.74 Å². The molecule has 0 heterocycles. The van der Waals surface area contributed by atoms with Crippen LogP contribution in [0.15, 0.2) is 48.5 Å². The van der Waals surface area contributed by atoms with Gasteiger partial charge in [-0.05, 0) is 49.0 Å². The Hall–Kier alpha value is -2.64. The van der Waals surface area contributed by atoms with Gasteiger partial charge in [0.2, 0.25) is 0 Å². The molecule has 0 aliphatic carbocycles. The summed E-state index contributed by atoms with van der Waals surface area (Å²) in [6.45, 7) is 2.48. The molecule has 0 aliphatic rings. The van der Waals surface area contributed by atoms with E-state index in [2.05, 4.69) is 16.2 Å². The fraction of sp³-hybridized carbons (Fsp3) is 0.167. The Labute approximate surface area is 161 Å². The second-order valence-corrected chi connectivity index (χ2v) is 6.06. The molecule has 0 unspecified atom stereocenters. The number of hydrogen-bond acceptors (Lipinski definition) is 4. The summed E-state index contributed by atoms with van der Waals surface area (Å²) in [7, 11) is 0. The number of halogens is 1. The first-order valence-corrected chi connectivity index (χ1v) is 8.69. The van der Waals surface area contributed by atoms with E-state index in [1.807, 2.05) is 6.92 Å². The van der Waals surface area contributed by atoms with Crippen molar-refractivity contribution in [1.29, 1.82) is 0 Å². The summed E-state index contributed by atoms with van der Waals surface area (Å²) in [6, 6.07) is 13.3. The normalized spacial score (nSPS) is 9.92. The van der Waals surface area contributed by atoms with Gasteiger partial charge in [0.25, 0.3) is 11.8 Å². The summed E-state index contributed by atoms with van der Waals surface area (Å²) < 4.78 is 5.54. The van der Waals surface area contributed by atoms with Crippen LogP contribution in [0.2, 0.25) is 5.02 Å². The zero-order valence-electron chi connectivity index (χ0n) is 14.0. The molecule has 0 saturated heterocycles. The molecule has 26 heavy (non-hydrogen) atoms. The fourth-order valence-electron chi connectivity index (χ4n) is 2.01. The van der Waals surface area contributed by atoms with E-state index in [9.17, 15) is 9.59 Å². The Balaban J connectivity index is 1.91. The highest BCUT2D eigenvalue weighted by atomic mass is 35.5. The lowest BCUT2D eigenvalue weighted by atomic mass is 10.2. The van der Waals surface area contributed by atoms with Crippen molar-refractivity contribution in [1.82, 2.24) is 16.2 Å².